The maximum atomic E-state index is 13.3. The highest BCUT2D eigenvalue weighted by Crippen LogP contribution is 2.29. The number of nitrogens with zero attached hydrogens (tertiary/aromatic N) is 2. The molecule has 0 atom stereocenters. The minimum atomic E-state index is -3.95. The van der Waals surface area contributed by atoms with Gasteiger partial charge in [-0.25, -0.2) is 13.4 Å². The normalized spacial score (nSPS) is 11.3. The van der Waals surface area contributed by atoms with Gasteiger partial charge in [-0.05, 0) is 35.9 Å². The number of hydrogen-bond donors (Lipinski definition) is 1. The van der Waals surface area contributed by atoms with E-state index in [4.69, 9.17) is 14.2 Å². The van der Waals surface area contributed by atoms with Gasteiger partial charge in [0, 0.05) is 32.5 Å². The van der Waals surface area contributed by atoms with Crippen molar-refractivity contribution in [2.75, 3.05) is 39.8 Å². The van der Waals surface area contributed by atoms with Crippen molar-refractivity contribution in [1.29, 1.82) is 0 Å². The predicted octanol–water partition coefficient (Wildman–Crippen LogP) is 3.19. The van der Waals surface area contributed by atoms with Crippen LogP contribution in [0.5, 0.6) is 11.6 Å². The van der Waals surface area contributed by atoms with Gasteiger partial charge in [-0.1, -0.05) is 30.3 Å². The molecule has 10 heteroatoms. The summed E-state index contributed by atoms with van der Waals surface area (Å²) in [6.07, 6.45) is 1.54. The van der Waals surface area contributed by atoms with Crippen molar-refractivity contribution in [3.63, 3.8) is 0 Å². The number of benzene rings is 2. The van der Waals surface area contributed by atoms with Gasteiger partial charge in [0.2, 0.25) is 15.9 Å². The molecule has 0 saturated carbocycles. The average Bonchev–Trinajstić information content (AvgIpc) is 2.85. The van der Waals surface area contributed by atoms with E-state index in [9.17, 15) is 13.2 Å². The molecule has 3 rings (SSSR count). The molecule has 0 unspecified atom stereocenters. The minimum Gasteiger partial charge on any atom is -0.495 e. The van der Waals surface area contributed by atoms with Crippen LogP contribution in [0.4, 0.5) is 5.69 Å². The zero-order valence-electron chi connectivity index (χ0n) is 19.2. The Hall–Kier alpha value is -3.47. The number of carbonyl (C=O) groups excluding carboxylic acids is 1. The molecule has 34 heavy (non-hydrogen) atoms. The molecule has 1 heterocycles. The van der Waals surface area contributed by atoms with Crippen LogP contribution in [-0.2, 0) is 21.3 Å². The largest absolute Gasteiger partial charge is 0.495 e. The van der Waals surface area contributed by atoms with Crippen molar-refractivity contribution in [1.82, 2.24) is 9.29 Å². The maximum Gasteiger partial charge on any atom is 0.255 e. The number of nitrogens with one attached hydrogen (secondary N) is 1. The second-order valence-corrected chi connectivity index (χ2v) is 9.28. The first-order chi connectivity index (χ1) is 16.4. The molecule has 0 saturated heterocycles. The van der Waals surface area contributed by atoms with Crippen molar-refractivity contribution in [2.24, 2.45) is 0 Å². The molecular formula is C24H27N3O6S. The van der Waals surface area contributed by atoms with E-state index in [1.807, 2.05) is 30.3 Å². The van der Waals surface area contributed by atoms with Gasteiger partial charge in [0.1, 0.15) is 22.9 Å². The van der Waals surface area contributed by atoms with E-state index in [0.29, 0.717) is 12.3 Å². The minimum absolute atomic E-state index is 0.108. The Morgan fingerprint density at radius 3 is 2.50 bits per heavy atom. The zero-order chi connectivity index (χ0) is 24.6. The van der Waals surface area contributed by atoms with Crippen LogP contribution < -0.4 is 14.8 Å². The molecule has 0 spiro atoms. The third-order valence-electron chi connectivity index (χ3n) is 4.91. The molecule has 1 N–H and O–H groups in total. The van der Waals surface area contributed by atoms with Crippen LogP contribution in [0.3, 0.4) is 0 Å². The number of aromatic nitrogens is 1. The third kappa shape index (κ3) is 6.10. The second kappa shape index (κ2) is 11.6. The fourth-order valence-corrected chi connectivity index (χ4v) is 4.47. The Morgan fingerprint density at radius 2 is 1.79 bits per heavy atom. The van der Waals surface area contributed by atoms with Crippen LogP contribution in [0.1, 0.15) is 15.9 Å². The molecule has 1 amide bonds. The number of hydrogen-bond acceptors (Lipinski definition) is 7. The van der Waals surface area contributed by atoms with E-state index >= 15 is 0 Å². The molecule has 0 aliphatic rings. The van der Waals surface area contributed by atoms with Crippen LogP contribution in [0, 0.1) is 0 Å². The number of carbonyl (C=O) groups is 1. The average molecular weight is 486 g/mol. The first-order valence-corrected chi connectivity index (χ1v) is 11.9. The van der Waals surface area contributed by atoms with Gasteiger partial charge in [0.15, 0.2) is 0 Å². The highest BCUT2D eigenvalue weighted by atomic mass is 32.2. The highest BCUT2D eigenvalue weighted by Gasteiger charge is 2.26. The Kier molecular flexibility index (Phi) is 8.58. The molecule has 0 aliphatic carbocycles. The molecule has 9 nitrogen and oxygen atoms in total. The molecule has 1 aromatic heterocycles. The van der Waals surface area contributed by atoms with Crippen LogP contribution in [0.25, 0.3) is 0 Å². The van der Waals surface area contributed by atoms with Crippen LogP contribution >= 0.6 is 0 Å². The smallest absolute Gasteiger partial charge is 0.255 e. The number of methoxy groups -OCH3 is 2. The molecule has 0 radical (unpaired) electrons. The number of ether oxygens (including phenoxy) is 3. The van der Waals surface area contributed by atoms with E-state index in [-0.39, 0.29) is 35.2 Å². The van der Waals surface area contributed by atoms with Gasteiger partial charge >= 0.3 is 0 Å². The van der Waals surface area contributed by atoms with Gasteiger partial charge in [0.25, 0.3) is 5.91 Å². The molecule has 0 aliphatic heterocycles. The summed E-state index contributed by atoms with van der Waals surface area (Å²) in [6.45, 7) is 0.788. The molecule has 0 fully saturated rings. The Balaban J connectivity index is 1.86. The Labute approximate surface area is 199 Å². The number of pyridine rings is 1. The van der Waals surface area contributed by atoms with Gasteiger partial charge in [0.05, 0.1) is 13.7 Å². The Bertz CT molecular complexity index is 1220. The number of sulfonamides is 1. The summed E-state index contributed by atoms with van der Waals surface area (Å²) < 4.78 is 43.6. The van der Waals surface area contributed by atoms with Crippen LogP contribution in [0.2, 0.25) is 0 Å². The van der Waals surface area contributed by atoms with Crippen molar-refractivity contribution in [3.05, 3.63) is 78.0 Å². The van der Waals surface area contributed by atoms with Crippen molar-refractivity contribution in [3.8, 4) is 11.6 Å². The second-order valence-electron chi connectivity index (χ2n) is 7.26. The lowest BCUT2D eigenvalue weighted by atomic mass is 10.2. The first-order valence-electron chi connectivity index (χ1n) is 10.4. The molecule has 0 bridgehead atoms. The molecule has 2 aromatic carbocycles. The summed E-state index contributed by atoms with van der Waals surface area (Å²) in [5.74, 6) is -0.146. The topological polar surface area (TPSA) is 107 Å². The lowest BCUT2D eigenvalue weighted by molar-refractivity contribution is 0.102. The zero-order valence-corrected chi connectivity index (χ0v) is 20.0. The van der Waals surface area contributed by atoms with E-state index in [0.717, 1.165) is 5.56 Å². The molecular weight excluding hydrogens is 458 g/mol. The summed E-state index contributed by atoms with van der Waals surface area (Å²) in [5.41, 5.74) is 1.32. The van der Waals surface area contributed by atoms with Gasteiger partial charge < -0.3 is 19.5 Å². The fourth-order valence-electron chi connectivity index (χ4n) is 3.13. The van der Waals surface area contributed by atoms with Crippen molar-refractivity contribution < 1.29 is 27.4 Å². The lowest BCUT2D eigenvalue weighted by Crippen LogP contribution is -2.27. The maximum absolute atomic E-state index is 13.3. The standard InChI is InChI=1S/C24H27N3O6S/c1-27(17-18-8-5-4-6-9-18)34(29,30)22-16-19(11-12-21(22)32-3)23(28)26-20-10-7-13-25-24(20)33-15-14-31-2/h4-13,16H,14-15,17H2,1-3H3,(H,26,28). The first kappa shape index (κ1) is 25.2. The van der Waals surface area contributed by atoms with Crippen molar-refractivity contribution >= 4 is 21.6 Å². The summed E-state index contributed by atoms with van der Waals surface area (Å²) in [6, 6.07) is 16.8. The van der Waals surface area contributed by atoms with Gasteiger partial charge in [-0.2, -0.15) is 4.31 Å². The van der Waals surface area contributed by atoms with E-state index in [1.165, 1.54) is 36.7 Å². The monoisotopic (exact) mass is 485 g/mol. The van der Waals surface area contributed by atoms with Crippen LogP contribution in [0.15, 0.2) is 71.8 Å². The van der Waals surface area contributed by atoms with Gasteiger partial charge in [-0.15, -0.1) is 0 Å². The quantitative estimate of drug-likeness (QED) is 0.416. The summed E-state index contributed by atoms with van der Waals surface area (Å²) in [5, 5.41) is 2.72. The fraction of sp³-hybridized carbons (Fsp3) is 0.250. The third-order valence-corrected chi connectivity index (χ3v) is 6.73. The number of rotatable bonds is 11. The SMILES string of the molecule is COCCOc1ncccc1NC(=O)c1ccc(OC)c(S(=O)(=O)N(C)Cc2ccccc2)c1. The summed E-state index contributed by atoms with van der Waals surface area (Å²) in [4.78, 5) is 17.0. The van der Waals surface area contributed by atoms with Crippen molar-refractivity contribution in [2.45, 2.75) is 11.4 Å². The molecule has 180 valence electrons. The summed E-state index contributed by atoms with van der Waals surface area (Å²) >= 11 is 0. The molecule has 3 aromatic rings. The highest BCUT2D eigenvalue weighted by molar-refractivity contribution is 7.89. The van der Waals surface area contributed by atoms with Crippen LogP contribution in [-0.4, -0.2) is 58.1 Å². The van der Waals surface area contributed by atoms with E-state index in [2.05, 4.69) is 10.3 Å². The number of anilines is 1. The van der Waals surface area contributed by atoms with Gasteiger partial charge in [-0.3, -0.25) is 4.79 Å². The lowest BCUT2D eigenvalue weighted by Gasteiger charge is -2.19. The summed E-state index contributed by atoms with van der Waals surface area (Å²) in [7, 11) is 0.458. The predicted molar refractivity (Wildman–Crippen MR) is 128 cm³/mol. The van der Waals surface area contributed by atoms with E-state index in [1.54, 1.807) is 25.4 Å². The Morgan fingerprint density at radius 1 is 1.03 bits per heavy atom. The van der Waals surface area contributed by atoms with E-state index < -0.39 is 15.9 Å². The number of amides is 1.